The highest BCUT2D eigenvalue weighted by Crippen LogP contribution is 2.24. The van der Waals surface area contributed by atoms with E-state index in [1.54, 1.807) is 0 Å². The molecule has 0 aliphatic heterocycles. The molecular weight excluding hydrogens is 240 g/mol. The van der Waals surface area contributed by atoms with E-state index in [1.807, 2.05) is 0 Å². The fourth-order valence-electron chi connectivity index (χ4n) is 1.72. The molecule has 0 aromatic heterocycles. The van der Waals surface area contributed by atoms with Crippen LogP contribution in [0.5, 0.6) is 0 Å². The number of allylic oxidation sites excluding steroid dienone is 1. The third-order valence-electron chi connectivity index (χ3n) is 2.58. The Morgan fingerprint density at radius 2 is 2.00 bits per heavy atom. The molecule has 0 atom stereocenters. The van der Waals surface area contributed by atoms with Crippen molar-refractivity contribution in [1.29, 1.82) is 0 Å². The predicted octanol–water partition coefficient (Wildman–Crippen LogP) is 4.62. The molecule has 1 nitrogen and oxygen atoms in total. The van der Waals surface area contributed by atoms with Crippen LogP contribution in [0.25, 0.3) is 0 Å². The maximum Gasteiger partial charge on any atom is 0.158 e. The van der Waals surface area contributed by atoms with Gasteiger partial charge >= 0.3 is 0 Å². The monoisotopic (exact) mass is 260 g/mol. The van der Waals surface area contributed by atoms with Crippen LogP contribution >= 0.6 is 15.9 Å². The second-order valence-electron chi connectivity index (χ2n) is 4.52. The van der Waals surface area contributed by atoms with Crippen molar-refractivity contribution in [2.75, 3.05) is 0 Å². The molecule has 0 aromatic carbocycles. The maximum atomic E-state index is 5.82. The van der Waals surface area contributed by atoms with Gasteiger partial charge in [0.2, 0.25) is 0 Å². The molecule has 1 aliphatic carbocycles. The van der Waals surface area contributed by atoms with Crippen LogP contribution in [-0.2, 0) is 4.74 Å². The Balaban J connectivity index is 2.24. The third kappa shape index (κ3) is 5.04. The lowest BCUT2D eigenvalue weighted by atomic mass is 9.98. The smallest absolute Gasteiger partial charge is 0.158 e. The minimum Gasteiger partial charge on any atom is -0.484 e. The van der Waals surface area contributed by atoms with Gasteiger partial charge in [0.15, 0.2) is 4.67 Å². The summed E-state index contributed by atoms with van der Waals surface area (Å²) in [4.78, 5) is 0. The first-order chi connectivity index (χ1) is 6.68. The van der Waals surface area contributed by atoms with Crippen molar-refractivity contribution < 1.29 is 4.74 Å². The molecule has 1 fully saturated rings. The van der Waals surface area contributed by atoms with Crippen molar-refractivity contribution in [2.45, 2.75) is 58.5 Å². The SMILES string of the molecule is CC(C)C/C=C(/Br)OC1CCCCC1. The summed E-state index contributed by atoms with van der Waals surface area (Å²) in [5.41, 5.74) is 0. The van der Waals surface area contributed by atoms with E-state index in [4.69, 9.17) is 4.74 Å². The number of ether oxygens (including phenoxy) is 1. The molecule has 1 aliphatic rings. The molecule has 2 heteroatoms. The average Bonchev–Trinajstić information content (AvgIpc) is 2.16. The zero-order chi connectivity index (χ0) is 10.4. The first-order valence-corrected chi connectivity index (χ1v) is 6.50. The Morgan fingerprint density at radius 3 is 2.57 bits per heavy atom. The van der Waals surface area contributed by atoms with Crippen molar-refractivity contribution in [2.24, 2.45) is 5.92 Å². The van der Waals surface area contributed by atoms with Crippen LogP contribution in [0.1, 0.15) is 52.4 Å². The molecule has 0 bridgehead atoms. The van der Waals surface area contributed by atoms with Crippen LogP contribution in [0.4, 0.5) is 0 Å². The average molecular weight is 261 g/mol. The Labute approximate surface area is 96.0 Å². The Bertz CT molecular complexity index is 181. The first kappa shape index (κ1) is 12.1. The van der Waals surface area contributed by atoms with Gasteiger partial charge in [-0.2, -0.15) is 0 Å². The van der Waals surface area contributed by atoms with Gasteiger partial charge in [-0.15, -0.1) is 0 Å². The maximum absolute atomic E-state index is 5.82. The van der Waals surface area contributed by atoms with Gasteiger partial charge in [-0.05, 0) is 60.0 Å². The van der Waals surface area contributed by atoms with E-state index in [-0.39, 0.29) is 0 Å². The van der Waals surface area contributed by atoms with E-state index in [0.717, 1.165) is 11.1 Å². The van der Waals surface area contributed by atoms with Gasteiger partial charge in [0.25, 0.3) is 0 Å². The molecule has 0 N–H and O–H groups in total. The van der Waals surface area contributed by atoms with Gasteiger partial charge in [-0.1, -0.05) is 20.3 Å². The second-order valence-corrected chi connectivity index (χ2v) is 5.30. The summed E-state index contributed by atoms with van der Waals surface area (Å²) in [7, 11) is 0. The van der Waals surface area contributed by atoms with E-state index in [2.05, 4.69) is 35.9 Å². The van der Waals surface area contributed by atoms with Gasteiger partial charge < -0.3 is 4.74 Å². The first-order valence-electron chi connectivity index (χ1n) is 5.71. The van der Waals surface area contributed by atoms with E-state index < -0.39 is 0 Å². The van der Waals surface area contributed by atoms with Crippen LogP contribution in [0.3, 0.4) is 0 Å². The lowest BCUT2D eigenvalue weighted by Crippen LogP contribution is -2.14. The summed E-state index contributed by atoms with van der Waals surface area (Å²) >= 11 is 3.48. The summed E-state index contributed by atoms with van der Waals surface area (Å²) in [6.45, 7) is 4.44. The molecular formula is C12H21BrO. The molecule has 1 rings (SSSR count). The van der Waals surface area contributed by atoms with Crippen LogP contribution in [0.15, 0.2) is 10.7 Å². The molecule has 0 unspecified atom stereocenters. The molecule has 0 spiro atoms. The second kappa shape index (κ2) is 6.49. The summed E-state index contributed by atoms with van der Waals surface area (Å²) in [6.07, 6.45) is 10.2. The number of hydrogen-bond acceptors (Lipinski definition) is 1. The zero-order valence-corrected chi connectivity index (χ0v) is 10.8. The van der Waals surface area contributed by atoms with Crippen LogP contribution in [-0.4, -0.2) is 6.10 Å². The van der Waals surface area contributed by atoms with Crippen molar-refractivity contribution in [1.82, 2.24) is 0 Å². The lowest BCUT2D eigenvalue weighted by Gasteiger charge is -2.22. The highest BCUT2D eigenvalue weighted by molar-refractivity contribution is 9.11. The summed E-state index contributed by atoms with van der Waals surface area (Å²) < 4.78 is 6.76. The fraction of sp³-hybridized carbons (Fsp3) is 0.833. The molecule has 0 aromatic rings. The number of hydrogen-bond donors (Lipinski definition) is 0. The topological polar surface area (TPSA) is 9.23 Å². The van der Waals surface area contributed by atoms with Gasteiger partial charge in [-0.3, -0.25) is 0 Å². The predicted molar refractivity (Wildman–Crippen MR) is 64.4 cm³/mol. The Hall–Kier alpha value is 0.0200. The molecule has 14 heavy (non-hydrogen) atoms. The van der Waals surface area contributed by atoms with Gasteiger partial charge in [0.1, 0.15) is 0 Å². The highest BCUT2D eigenvalue weighted by atomic mass is 79.9. The quantitative estimate of drug-likeness (QED) is 0.671. The van der Waals surface area contributed by atoms with Gasteiger partial charge in [0, 0.05) is 0 Å². The van der Waals surface area contributed by atoms with E-state index in [1.165, 1.54) is 32.1 Å². The standard InChI is InChI=1S/C12H21BrO/c1-10(2)8-9-12(13)14-11-6-4-3-5-7-11/h9-11H,3-8H2,1-2H3/b12-9-. The summed E-state index contributed by atoms with van der Waals surface area (Å²) in [5, 5.41) is 0. The molecule has 0 amide bonds. The number of rotatable bonds is 4. The van der Waals surface area contributed by atoms with Crippen LogP contribution in [0.2, 0.25) is 0 Å². The molecule has 1 saturated carbocycles. The largest absolute Gasteiger partial charge is 0.484 e. The van der Waals surface area contributed by atoms with E-state index in [9.17, 15) is 0 Å². The van der Waals surface area contributed by atoms with Crippen molar-refractivity contribution in [3.8, 4) is 0 Å². The third-order valence-corrected chi connectivity index (χ3v) is 3.09. The lowest BCUT2D eigenvalue weighted by molar-refractivity contribution is 0.0998. The molecule has 82 valence electrons. The minimum absolute atomic E-state index is 0.460. The summed E-state index contributed by atoms with van der Waals surface area (Å²) in [5.74, 6) is 0.706. The van der Waals surface area contributed by atoms with Gasteiger partial charge in [0.05, 0.1) is 6.10 Å². The Morgan fingerprint density at radius 1 is 1.36 bits per heavy atom. The van der Waals surface area contributed by atoms with E-state index in [0.29, 0.717) is 12.0 Å². The summed E-state index contributed by atoms with van der Waals surface area (Å²) in [6, 6.07) is 0. The molecule has 0 heterocycles. The van der Waals surface area contributed by atoms with E-state index >= 15 is 0 Å². The Kier molecular flexibility index (Phi) is 5.61. The van der Waals surface area contributed by atoms with Crippen molar-refractivity contribution in [3.05, 3.63) is 10.7 Å². The van der Waals surface area contributed by atoms with Crippen LogP contribution in [0, 0.1) is 5.92 Å². The minimum atomic E-state index is 0.460. The highest BCUT2D eigenvalue weighted by Gasteiger charge is 2.14. The van der Waals surface area contributed by atoms with Crippen molar-refractivity contribution in [3.63, 3.8) is 0 Å². The molecule has 0 radical (unpaired) electrons. The van der Waals surface area contributed by atoms with Gasteiger partial charge in [-0.25, -0.2) is 0 Å². The normalized spacial score (nSPS) is 20.1. The number of halogens is 1. The molecule has 0 saturated heterocycles. The van der Waals surface area contributed by atoms with Crippen LogP contribution < -0.4 is 0 Å². The van der Waals surface area contributed by atoms with Crippen molar-refractivity contribution >= 4 is 15.9 Å². The zero-order valence-electron chi connectivity index (χ0n) is 9.26. The fourth-order valence-corrected chi connectivity index (χ4v) is 2.17.